The van der Waals surface area contributed by atoms with Gasteiger partial charge in [0.1, 0.15) is 5.75 Å². The van der Waals surface area contributed by atoms with Crippen LogP contribution in [0.4, 0.5) is 0 Å². The molecule has 0 fully saturated rings. The summed E-state index contributed by atoms with van der Waals surface area (Å²) in [4.78, 5) is 0. The maximum atomic E-state index is 5.22. The van der Waals surface area contributed by atoms with E-state index in [1.807, 2.05) is 25.1 Å². The van der Waals surface area contributed by atoms with Gasteiger partial charge in [0.15, 0.2) is 5.11 Å². The molecular weight excluding hydrogens is 302 g/mol. The summed E-state index contributed by atoms with van der Waals surface area (Å²) in [6, 6.07) is 5.70. The van der Waals surface area contributed by atoms with Gasteiger partial charge in [0, 0.05) is 16.6 Å². The van der Waals surface area contributed by atoms with E-state index in [1.54, 1.807) is 13.3 Å². The van der Waals surface area contributed by atoms with Gasteiger partial charge in [0.2, 0.25) is 0 Å². The van der Waals surface area contributed by atoms with Crippen molar-refractivity contribution in [2.24, 2.45) is 5.10 Å². The third-order valence-electron chi connectivity index (χ3n) is 1.90. The van der Waals surface area contributed by atoms with E-state index in [4.69, 9.17) is 17.0 Å². The quantitative estimate of drug-likeness (QED) is 0.508. The first-order valence-electron chi connectivity index (χ1n) is 5.07. The third kappa shape index (κ3) is 4.70. The Hall–Kier alpha value is -1.14. The minimum Gasteiger partial charge on any atom is -0.496 e. The number of methoxy groups -OCH3 is 1. The summed E-state index contributed by atoms with van der Waals surface area (Å²) in [7, 11) is 1.62. The maximum Gasteiger partial charge on any atom is 0.186 e. The minimum absolute atomic E-state index is 0.498. The van der Waals surface area contributed by atoms with Crippen LogP contribution in [0.5, 0.6) is 5.75 Å². The van der Waals surface area contributed by atoms with Crippen LogP contribution in [-0.4, -0.2) is 25.0 Å². The summed E-state index contributed by atoms with van der Waals surface area (Å²) < 4.78 is 6.18. The molecule has 0 unspecified atom stereocenters. The number of nitrogens with zero attached hydrogens (tertiary/aromatic N) is 1. The number of benzene rings is 1. The fourth-order valence-corrected chi connectivity index (χ4v) is 1.74. The van der Waals surface area contributed by atoms with Gasteiger partial charge in [0.05, 0.1) is 13.3 Å². The largest absolute Gasteiger partial charge is 0.496 e. The first-order valence-corrected chi connectivity index (χ1v) is 6.28. The van der Waals surface area contributed by atoms with E-state index in [0.29, 0.717) is 5.11 Å². The van der Waals surface area contributed by atoms with Gasteiger partial charge in [-0.2, -0.15) is 5.10 Å². The van der Waals surface area contributed by atoms with Crippen LogP contribution in [0.1, 0.15) is 12.5 Å². The van der Waals surface area contributed by atoms with Crippen molar-refractivity contribution < 1.29 is 4.74 Å². The molecule has 0 amide bonds. The van der Waals surface area contributed by atoms with Crippen molar-refractivity contribution in [1.82, 2.24) is 10.7 Å². The van der Waals surface area contributed by atoms with Crippen LogP contribution in [0.25, 0.3) is 0 Å². The van der Waals surface area contributed by atoms with Gasteiger partial charge in [-0.1, -0.05) is 15.9 Å². The summed E-state index contributed by atoms with van der Waals surface area (Å²) >= 11 is 8.37. The number of halogens is 1. The number of hydrogen-bond acceptors (Lipinski definition) is 3. The maximum absolute atomic E-state index is 5.22. The molecule has 6 heteroatoms. The van der Waals surface area contributed by atoms with Crippen LogP contribution >= 0.6 is 28.1 Å². The summed E-state index contributed by atoms with van der Waals surface area (Å²) in [5, 5.41) is 7.47. The number of hydrazone groups is 1. The van der Waals surface area contributed by atoms with E-state index in [-0.39, 0.29) is 0 Å². The number of rotatable bonds is 4. The monoisotopic (exact) mass is 315 g/mol. The second-order valence-corrected chi connectivity index (χ2v) is 4.44. The number of nitrogens with one attached hydrogen (secondary N) is 2. The van der Waals surface area contributed by atoms with Gasteiger partial charge in [-0.3, -0.25) is 5.43 Å². The highest BCUT2D eigenvalue weighted by atomic mass is 79.9. The second kappa shape index (κ2) is 7.24. The lowest BCUT2D eigenvalue weighted by atomic mass is 10.2. The standard InChI is InChI=1S/C11H14BrN3OS/c1-3-13-11(17)15-14-7-8-6-9(12)4-5-10(8)16-2/h4-7H,3H2,1-2H3,(H2,13,15,17)/b14-7+. The third-order valence-corrected chi connectivity index (χ3v) is 2.63. The Bertz CT molecular complexity index is 423. The van der Waals surface area contributed by atoms with Crippen LogP contribution in [0.15, 0.2) is 27.8 Å². The Morgan fingerprint density at radius 3 is 3.00 bits per heavy atom. The highest BCUT2D eigenvalue weighted by molar-refractivity contribution is 9.10. The summed E-state index contributed by atoms with van der Waals surface area (Å²) in [5.74, 6) is 0.758. The smallest absolute Gasteiger partial charge is 0.186 e. The average molecular weight is 316 g/mol. The second-order valence-electron chi connectivity index (χ2n) is 3.12. The molecule has 0 heterocycles. The zero-order chi connectivity index (χ0) is 12.7. The molecule has 1 aromatic rings. The summed E-state index contributed by atoms with van der Waals surface area (Å²) in [5.41, 5.74) is 3.59. The predicted octanol–water partition coefficient (Wildman–Crippen LogP) is 2.28. The van der Waals surface area contributed by atoms with E-state index in [9.17, 15) is 0 Å². The van der Waals surface area contributed by atoms with Crippen LogP contribution in [0.2, 0.25) is 0 Å². The summed E-state index contributed by atoms with van der Waals surface area (Å²) in [6.45, 7) is 2.73. The molecule has 0 aliphatic rings. The molecule has 92 valence electrons. The van der Waals surface area contributed by atoms with Gasteiger partial charge in [0.25, 0.3) is 0 Å². The van der Waals surface area contributed by atoms with Crippen molar-refractivity contribution in [2.75, 3.05) is 13.7 Å². The van der Waals surface area contributed by atoms with Crippen LogP contribution in [-0.2, 0) is 0 Å². The van der Waals surface area contributed by atoms with Crippen molar-refractivity contribution in [3.63, 3.8) is 0 Å². The Balaban J connectivity index is 2.70. The highest BCUT2D eigenvalue weighted by Gasteiger charge is 2.00. The van der Waals surface area contributed by atoms with Crippen molar-refractivity contribution in [3.8, 4) is 5.75 Å². The van der Waals surface area contributed by atoms with E-state index < -0.39 is 0 Å². The van der Waals surface area contributed by atoms with E-state index in [0.717, 1.165) is 22.3 Å². The van der Waals surface area contributed by atoms with Crippen LogP contribution in [0, 0.1) is 0 Å². The molecule has 1 rings (SSSR count). The Kier molecular flexibility index (Phi) is 5.93. The van der Waals surface area contributed by atoms with Crippen molar-refractivity contribution in [2.45, 2.75) is 6.92 Å². The molecule has 0 aromatic heterocycles. The molecular formula is C11H14BrN3OS. The average Bonchev–Trinajstić information content (AvgIpc) is 2.30. The first-order chi connectivity index (χ1) is 8.17. The molecule has 0 radical (unpaired) electrons. The lowest BCUT2D eigenvalue weighted by molar-refractivity contribution is 0.414. The molecule has 0 atom stereocenters. The number of ether oxygens (including phenoxy) is 1. The zero-order valence-corrected chi connectivity index (χ0v) is 12.1. The highest BCUT2D eigenvalue weighted by Crippen LogP contribution is 2.21. The van der Waals surface area contributed by atoms with Crippen molar-refractivity contribution in [1.29, 1.82) is 0 Å². The lowest BCUT2D eigenvalue weighted by Gasteiger charge is -2.05. The number of thiocarbonyl (C=S) groups is 1. The van der Waals surface area contributed by atoms with Crippen molar-refractivity contribution in [3.05, 3.63) is 28.2 Å². The van der Waals surface area contributed by atoms with Gasteiger partial charge in [-0.15, -0.1) is 0 Å². The fraction of sp³-hybridized carbons (Fsp3) is 0.273. The van der Waals surface area contributed by atoms with E-state index in [2.05, 4.69) is 31.8 Å². The molecule has 0 saturated carbocycles. The minimum atomic E-state index is 0.498. The molecule has 0 saturated heterocycles. The lowest BCUT2D eigenvalue weighted by Crippen LogP contribution is -2.31. The van der Waals surface area contributed by atoms with E-state index in [1.165, 1.54) is 0 Å². The topological polar surface area (TPSA) is 45.7 Å². The van der Waals surface area contributed by atoms with Gasteiger partial charge in [-0.05, 0) is 37.3 Å². The van der Waals surface area contributed by atoms with Crippen LogP contribution in [0.3, 0.4) is 0 Å². The fourth-order valence-electron chi connectivity index (χ4n) is 1.17. The van der Waals surface area contributed by atoms with Gasteiger partial charge < -0.3 is 10.1 Å². The Morgan fingerprint density at radius 1 is 1.59 bits per heavy atom. The number of hydrogen-bond donors (Lipinski definition) is 2. The molecule has 1 aromatic carbocycles. The van der Waals surface area contributed by atoms with Crippen LogP contribution < -0.4 is 15.5 Å². The van der Waals surface area contributed by atoms with Gasteiger partial charge in [-0.25, -0.2) is 0 Å². The Morgan fingerprint density at radius 2 is 2.35 bits per heavy atom. The molecule has 0 aliphatic heterocycles. The Labute approximate surface area is 115 Å². The predicted molar refractivity (Wildman–Crippen MR) is 77.7 cm³/mol. The van der Waals surface area contributed by atoms with Crippen molar-refractivity contribution >= 4 is 39.5 Å². The van der Waals surface area contributed by atoms with Gasteiger partial charge >= 0.3 is 0 Å². The molecule has 0 aliphatic carbocycles. The molecule has 4 nitrogen and oxygen atoms in total. The molecule has 0 bridgehead atoms. The molecule has 0 spiro atoms. The SMILES string of the molecule is CCNC(=S)N/N=C/c1cc(Br)ccc1OC. The van der Waals surface area contributed by atoms with E-state index >= 15 is 0 Å². The molecule has 2 N–H and O–H groups in total. The normalized spacial score (nSPS) is 10.3. The first kappa shape index (κ1) is 13.9. The molecule has 17 heavy (non-hydrogen) atoms. The summed E-state index contributed by atoms with van der Waals surface area (Å²) in [6.07, 6.45) is 1.66. The zero-order valence-electron chi connectivity index (χ0n) is 9.66.